The van der Waals surface area contributed by atoms with Crippen molar-refractivity contribution in [3.05, 3.63) is 29.8 Å². The number of rotatable bonds is 2. The lowest BCUT2D eigenvalue weighted by molar-refractivity contribution is -0.144. The van der Waals surface area contributed by atoms with E-state index in [4.69, 9.17) is 0 Å². The van der Waals surface area contributed by atoms with Crippen LogP contribution in [0.3, 0.4) is 0 Å². The number of aliphatic hydroxyl groups is 1. The van der Waals surface area contributed by atoms with E-state index < -0.39 is 11.8 Å². The minimum Gasteiger partial charge on any atom is -0.396 e. The van der Waals surface area contributed by atoms with Crippen LogP contribution in [0.1, 0.15) is 39.2 Å². The molecule has 2 rings (SSSR count). The van der Waals surface area contributed by atoms with E-state index >= 15 is 0 Å². The van der Waals surface area contributed by atoms with Gasteiger partial charge in [0.05, 0.1) is 0 Å². The Bertz CT molecular complexity index is 561. The van der Waals surface area contributed by atoms with Crippen molar-refractivity contribution in [2.75, 3.05) is 25.0 Å². The lowest BCUT2D eigenvalue weighted by Gasteiger charge is -2.31. The number of nitrogens with zero attached hydrogens (tertiary/aromatic N) is 1. The Hall–Kier alpha value is -1.88. The maximum Gasteiger partial charge on any atom is 0.313 e. The quantitative estimate of drug-likeness (QED) is 0.821. The van der Waals surface area contributed by atoms with Gasteiger partial charge in [-0.25, -0.2) is 0 Å². The van der Waals surface area contributed by atoms with E-state index in [1.54, 1.807) is 0 Å². The number of likely N-dealkylation sites (tertiary alicyclic amines) is 1. The van der Waals surface area contributed by atoms with Gasteiger partial charge in [-0.15, -0.1) is 0 Å². The molecule has 0 radical (unpaired) electrons. The third-order valence-corrected chi connectivity index (χ3v) is 4.27. The molecule has 0 spiro atoms. The topological polar surface area (TPSA) is 69.6 Å². The summed E-state index contributed by atoms with van der Waals surface area (Å²) in [5, 5.41) is 11.9. The first-order valence-electron chi connectivity index (χ1n) is 8.13. The molecular formula is C18H26N2O3. The Morgan fingerprint density at radius 3 is 2.48 bits per heavy atom. The molecule has 1 aliphatic heterocycles. The van der Waals surface area contributed by atoms with Gasteiger partial charge in [-0.1, -0.05) is 32.9 Å². The summed E-state index contributed by atoms with van der Waals surface area (Å²) >= 11 is 0. The molecule has 1 fully saturated rings. The first kappa shape index (κ1) is 17.5. The monoisotopic (exact) mass is 318 g/mol. The Morgan fingerprint density at radius 1 is 1.26 bits per heavy atom. The number of anilines is 1. The molecular weight excluding hydrogens is 292 g/mol. The van der Waals surface area contributed by atoms with Gasteiger partial charge in [0.15, 0.2) is 0 Å². The molecule has 0 saturated carbocycles. The highest BCUT2D eigenvalue weighted by Crippen LogP contribution is 2.23. The maximum atomic E-state index is 12.2. The van der Waals surface area contributed by atoms with Gasteiger partial charge in [0.1, 0.15) is 0 Å². The summed E-state index contributed by atoms with van der Waals surface area (Å²) in [7, 11) is 0. The molecule has 126 valence electrons. The number of amides is 2. The van der Waals surface area contributed by atoms with E-state index in [1.165, 1.54) is 10.5 Å². The number of hydrogen-bond donors (Lipinski definition) is 2. The molecule has 23 heavy (non-hydrogen) atoms. The normalized spacial score (nSPS) is 18.6. The average molecular weight is 318 g/mol. The molecule has 5 heteroatoms. The number of carbonyl (C=O) groups is 2. The number of aliphatic hydroxyl groups excluding tert-OH is 1. The van der Waals surface area contributed by atoms with Gasteiger partial charge < -0.3 is 15.3 Å². The Labute approximate surface area is 137 Å². The third kappa shape index (κ3) is 4.55. The van der Waals surface area contributed by atoms with Gasteiger partial charge >= 0.3 is 11.8 Å². The predicted octanol–water partition coefficient (Wildman–Crippen LogP) is 2.15. The third-order valence-electron chi connectivity index (χ3n) is 4.27. The molecule has 1 aromatic rings. The highest BCUT2D eigenvalue weighted by Gasteiger charge is 2.27. The number of nitrogens with one attached hydrogen (secondary N) is 1. The smallest absolute Gasteiger partial charge is 0.313 e. The zero-order valence-corrected chi connectivity index (χ0v) is 14.1. The van der Waals surface area contributed by atoms with E-state index in [-0.39, 0.29) is 17.9 Å². The second kappa shape index (κ2) is 7.13. The standard InChI is InChI=1S/C18H26N2O3/c1-18(2,3)14-6-8-15(9-7-14)19-16(22)17(23)20-10-4-5-13(11-20)12-21/h6-9,13,21H,4-5,10-12H2,1-3H3,(H,19,22). The molecule has 1 unspecified atom stereocenters. The van der Waals surface area contributed by atoms with Crippen molar-refractivity contribution in [2.45, 2.75) is 39.0 Å². The molecule has 1 heterocycles. The lowest BCUT2D eigenvalue weighted by Crippen LogP contribution is -2.45. The number of carbonyl (C=O) groups excluding carboxylic acids is 2. The summed E-state index contributed by atoms with van der Waals surface area (Å²) in [5.74, 6) is -1.07. The molecule has 1 aliphatic rings. The Kier molecular flexibility index (Phi) is 5.42. The van der Waals surface area contributed by atoms with Crippen molar-refractivity contribution in [3.8, 4) is 0 Å². The minimum absolute atomic E-state index is 0.0471. The molecule has 2 N–H and O–H groups in total. The predicted molar refractivity (Wildman–Crippen MR) is 90.2 cm³/mol. The van der Waals surface area contributed by atoms with Crippen LogP contribution >= 0.6 is 0 Å². The first-order valence-corrected chi connectivity index (χ1v) is 8.13. The summed E-state index contributed by atoms with van der Waals surface area (Å²) in [6, 6.07) is 7.56. The summed E-state index contributed by atoms with van der Waals surface area (Å²) in [6.45, 7) is 7.45. The van der Waals surface area contributed by atoms with Crippen LogP contribution in [-0.2, 0) is 15.0 Å². The average Bonchev–Trinajstić information content (AvgIpc) is 2.53. The van der Waals surface area contributed by atoms with Crippen LogP contribution in [0.25, 0.3) is 0 Å². The van der Waals surface area contributed by atoms with Crippen molar-refractivity contribution in [2.24, 2.45) is 5.92 Å². The van der Waals surface area contributed by atoms with Crippen LogP contribution in [0.15, 0.2) is 24.3 Å². The largest absolute Gasteiger partial charge is 0.396 e. The summed E-state index contributed by atoms with van der Waals surface area (Å²) in [5.41, 5.74) is 1.83. The van der Waals surface area contributed by atoms with Crippen molar-refractivity contribution in [1.82, 2.24) is 4.90 Å². The summed E-state index contributed by atoms with van der Waals surface area (Å²) in [6.07, 6.45) is 1.72. The maximum absolute atomic E-state index is 12.2. The minimum atomic E-state index is -0.618. The Morgan fingerprint density at radius 2 is 1.91 bits per heavy atom. The first-order chi connectivity index (χ1) is 10.8. The molecule has 0 aromatic heterocycles. The number of piperidine rings is 1. The van der Waals surface area contributed by atoms with Crippen LogP contribution < -0.4 is 5.32 Å². The van der Waals surface area contributed by atoms with Crippen LogP contribution in [0, 0.1) is 5.92 Å². The van der Waals surface area contributed by atoms with Crippen LogP contribution in [0.2, 0.25) is 0 Å². The second-order valence-corrected chi connectivity index (χ2v) is 7.22. The molecule has 0 bridgehead atoms. The number of hydrogen-bond acceptors (Lipinski definition) is 3. The van der Waals surface area contributed by atoms with Crippen molar-refractivity contribution < 1.29 is 14.7 Å². The van der Waals surface area contributed by atoms with Gasteiger partial charge in [-0.05, 0) is 41.9 Å². The molecule has 1 saturated heterocycles. The molecule has 0 aliphatic carbocycles. The van der Waals surface area contributed by atoms with Gasteiger partial charge in [0.25, 0.3) is 0 Å². The van der Waals surface area contributed by atoms with Crippen LogP contribution in [0.5, 0.6) is 0 Å². The van der Waals surface area contributed by atoms with Crippen molar-refractivity contribution >= 4 is 17.5 Å². The van der Waals surface area contributed by atoms with E-state index in [1.807, 2.05) is 24.3 Å². The van der Waals surface area contributed by atoms with Gasteiger partial charge in [-0.3, -0.25) is 9.59 Å². The molecule has 1 atom stereocenters. The fourth-order valence-electron chi connectivity index (χ4n) is 2.78. The Balaban J connectivity index is 1.97. The summed E-state index contributed by atoms with van der Waals surface area (Å²) < 4.78 is 0. The van der Waals surface area contributed by atoms with E-state index in [9.17, 15) is 14.7 Å². The van der Waals surface area contributed by atoms with E-state index in [0.717, 1.165) is 12.8 Å². The lowest BCUT2D eigenvalue weighted by atomic mass is 9.87. The molecule has 5 nitrogen and oxygen atoms in total. The van der Waals surface area contributed by atoms with E-state index in [0.29, 0.717) is 18.8 Å². The zero-order chi connectivity index (χ0) is 17.0. The van der Waals surface area contributed by atoms with Crippen molar-refractivity contribution in [1.29, 1.82) is 0 Å². The van der Waals surface area contributed by atoms with Gasteiger partial charge in [0.2, 0.25) is 0 Å². The fraction of sp³-hybridized carbons (Fsp3) is 0.556. The molecule has 1 aromatic carbocycles. The van der Waals surface area contributed by atoms with Crippen LogP contribution in [-0.4, -0.2) is 41.5 Å². The second-order valence-electron chi connectivity index (χ2n) is 7.22. The van der Waals surface area contributed by atoms with Crippen LogP contribution in [0.4, 0.5) is 5.69 Å². The van der Waals surface area contributed by atoms with E-state index in [2.05, 4.69) is 26.1 Å². The van der Waals surface area contributed by atoms with Crippen molar-refractivity contribution in [3.63, 3.8) is 0 Å². The molecule has 2 amide bonds. The SMILES string of the molecule is CC(C)(C)c1ccc(NC(=O)C(=O)N2CCCC(CO)C2)cc1. The number of benzene rings is 1. The zero-order valence-electron chi connectivity index (χ0n) is 14.1. The highest BCUT2D eigenvalue weighted by atomic mass is 16.3. The van der Waals surface area contributed by atoms with Gasteiger partial charge in [-0.2, -0.15) is 0 Å². The van der Waals surface area contributed by atoms with Gasteiger partial charge in [0, 0.05) is 25.4 Å². The highest BCUT2D eigenvalue weighted by molar-refractivity contribution is 6.39. The summed E-state index contributed by atoms with van der Waals surface area (Å²) in [4.78, 5) is 25.9. The fourth-order valence-corrected chi connectivity index (χ4v) is 2.78.